The average molecular weight is 422 g/mol. The number of nitrogens with zero attached hydrogens (tertiary/aromatic N) is 2. The zero-order valence-electron chi connectivity index (χ0n) is 18.4. The minimum atomic E-state index is -0.157. The maximum atomic E-state index is 12.4. The molecule has 0 atom stereocenters. The first-order valence-corrected chi connectivity index (χ1v) is 11.1. The third-order valence-corrected chi connectivity index (χ3v) is 5.82. The molecule has 0 aromatic heterocycles. The van der Waals surface area contributed by atoms with Crippen LogP contribution in [0.3, 0.4) is 0 Å². The Morgan fingerprint density at radius 3 is 2.55 bits per heavy atom. The van der Waals surface area contributed by atoms with Crippen molar-refractivity contribution in [2.24, 2.45) is 0 Å². The van der Waals surface area contributed by atoms with E-state index in [0.29, 0.717) is 13.2 Å². The van der Waals surface area contributed by atoms with Gasteiger partial charge in [0.05, 0.1) is 13.2 Å². The molecule has 31 heavy (non-hydrogen) atoms. The number of carbonyl (C=O) groups excluding carboxylic acids is 1. The van der Waals surface area contributed by atoms with Crippen LogP contribution in [0.5, 0.6) is 11.5 Å². The van der Waals surface area contributed by atoms with Gasteiger partial charge in [-0.25, -0.2) is 0 Å². The Hall–Kier alpha value is -2.99. The van der Waals surface area contributed by atoms with E-state index in [9.17, 15) is 4.79 Å². The fraction of sp³-hybridized carbons (Fsp3) is 0.400. The van der Waals surface area contributed by atoms with Crippen LogP contribution in [0.2, 0.25) is 0 Å². The number of likely N-dealkylation sites (N-methyl/N-ethyl adjacent to an activating group) is 1. The summed E-state index contributed by atoms with van der Waals surface area (Å²) >= 11 is 0. The van der Waals surface area contributed by atoms with Crippen LogP contribution in [-0.4, -0.2) is 56.7 Å². The van der Waals surface area contributed by atoms with Crippen molar-refractivity contribution in [3.8, 4) is 11.5 Å². The molecule has 0 bridgehead atoms. The second kappa shape index (κ2) is 9.88. The lowest BCUT2D eigenvalue weighted by atomic mass is 10.1. The van der Waals surface area contributed by atoms with Crippen molar-refractivity contribution in [3.05, 3.63) is 53.6 Å². The molecule has 1 amide bonds. The third-order valence-electron chi connectivity index (χ3n) is 5.82. The van der Waals surface area contributed by atoms with Gasteiger partial charge >= 0.3 is 0 Å². The van der Waals surface area contributed by atoms with E-state index in [0.717, 1.165) is 61.9 Å². The molecular weight excluding hydrogens is 390 g/mol. The van der Waals surface area contributed by atoms with E-state index in [1.807, 2.05) is 30.3 Å². The number of anilines is 2. The zero-order chi connectivity index (χ0) is 21.6. The number of fused-ring (bicyclic) bond motifs is 1. The van der Waals surface area contributed by atoms with Crippen molar-refractivity contribution >= 4 is 23.4 Å². The molecule has 1 fully saturated rings. The zero-order valence-corrected chi connectivity index (χ0v) is 18.4. The number of hydrogen-bond acceptors (Lipinski definition) is 5. The Bertz CT molecular complexity index is 949. The molecule has 0 radical (unpaired) electrons. The Balaban J connectivity index is 1.36. The SMILES string of the molecule is CCN1CCN(c2ccc(NC(=O)/C=C/c3ccc4c(c3)OCCCO4)cc2C)CC1. The summed E-state index contributed by atoms with van der Waals surface area (Å²) in [7, 11) is 0. The first kappa shape index (κ1) is 21.2. The summed E-state index contributed by atoms with van der Waals surface area (Å²) in [5.41, 5.74) is 4.13. The van der Waals surface area contributed by atoms with Gasteiger partial charge in [0, 0.05) is 50.1 Å². The van der Waals surface area contributed by atoms with Crippen molar-refractivity contribution < 1.29 is 14.3 Å². The van der Waals surface area contributed by atoms with Crippen LogP contribution in [0.4, 0.5) is 11.4 Å². The van der Waals surface area contributed by atoms with Crippen LogP contribution >= 0.6 is 0 Å². The number of hydrogen-bond donors (Lipinski definition) is 1. The highest BCUT2D eigenvalue weighted by Crippen LogP contribution is 2.31. The summed E-state index contributed by atoms with van der Waals surface area (Å²) in [6.45, 7) is 11.0. The van der Waals surface area contributed by atoms with Gasteiger partial charge in [-0.2, -0.15) is 0 Å². The van der Waals surface area contributed by atoms with Gasteiger partial charge in [0.25, 0.3) is 0 Å². The Kier molecular flexibility index (Phi) is 6.77. The minimum absolute atomic E-state index is 0.157. The largest absolute Gasteiger partial charge is 0.490 e. The van der Waals surface area contributed by atoms with E-state index in [1.54, 1.807) is 12.2 Å². The minimum Gasteiger partial charge on any atom is -0.490 e. The molecule has 1 saturated heterocycles. The monoisotopic (exact) mass is 421 g/mol. The fourth-order valence-electron chi connectivity index (χ4n) is 4.03. The highest BCUT2D eigenvalue weighted by Gasteiger charge is 2.17. The van der Waals surface area contributed by atoms with Gasteiger partial charge in [0.2, 0.25) is 5.91 Å². The number of rotatable bonds is 5. The van der Waals surface area contributed by atoms with Crippen LogP contribution in [0, 0.1) is 6.92 Å². The number of amides is 1. The predicted molar refractivity (Wildman–Crippen MR) is 125 cm³/mol. The third kappa shape index (κ3) is 5.39. The number of carbonyl (C=O) groups is 1. The molecule has 0 spiro atoms. The number of nitrogens with one attached hydrogen (secondary N) is 1. The van der Waals surface area contributed by atoms with Crippen LogP contribution in [0.15, 0.2) is 42.5 Å². The van der Waals surface area contributed by atoms with Gasteiger partial charge in [0.15, 0.2) is 11.5 Å². The maximum Gasteiger partial charge on any atom is 0.248 e. The molecule has 164 valence electrons. The number of piperazine rings is 1. The highest BCUT2D eigenvalue weighted by molar-refractivity contribution is 6.02. The average Bonchev–Trinajstić information content (AvgIpc) is 3.03. The van der Waals surface area contributed by atoms with Crippen LogP contribution < -0.4 is 19.7 Å². The lowest BCUT2D eigenvalue weighted by Gasteiger charge is -2.36. The van der Waals surface area contributed by atoms with Gasteiger partial charge in [-0.1, -0.05) is 13.0 Å². The summed E-state index contributed by atoms with van der Waals surface area (Å²) in [6.07, 6.45) is 4.21. The Morgan fingerprint density at radius 1 is 1.03 bits per heavy atom. The fourth-order valence-corrected chi connectivity index (χ4v) is 4.03. The van der Waals surface area contributed by atoms with Crippen LogP contribution in [0.1, 0.15) is 24.5 Å². The van der Waals surface area contributed by atoms with E-state index in [4.69, 9.17) is 9.47 Å². The molecule has 2 aromatic carbocycles. The molecule has 2 aliphatic rings. The van der Waals surface area contributed by atoms with Crippen molar-refractivity contribution in [1.29, 1.82) is 0 Å². The lowest BCUT2D eigenvalue weighted by molar-refractivity contribution is -0.111. The molecule has 4 rings (SSSR count). The summed E-state index contributed by atoms with van der Waals surface area (Å²) in [6, 6.07) is 11.9. The topological polar surface area (TPSA) is 54.0 Å². The van der Waals surface area contributed by atoms with Gasteiger partial charge in [0.1, 0.15) is 0 Å². The van der Waals surface area contributed by atoms with Crippen molar-refractivity contribution in [1.82, 2.24) is 4.90 Å². The molecule has 1 N–H and O–H groups in total. The standard InChI is InChI=1S/C25H31N3O3/c1-3-27-11-13-28(14-12-27)22-8-7-21(17-19(22)2)26-25(29)10-6-20-5-9-23-24(18-20)31-16-4-15-30-23/h5-10,17-18H,3-4,11-16H2,1-2H3,(H,26,29)/b10-6+. The molecule has 6 heteroatoms. The van der Waals surface area contributed by atoms with E-state index in [-0.39, 0.29) is 5.91 Å². The van der Waals surface area contributed by atoms with E-state index < -0.39 is 0 Å². The Labute approximate surface area is 184 Å². The smallest absolute Gasteiger partial charge is 0.248 e. The van der Waals surface area contributed by atoms with Gasteiger partial charge < -0.3 is 24.6 Å². The molecule has 6 nitrogen and oxygen atoms in total. The first-order chi connectivity index (χ1) is 15.1. The molecular formula is C25H31N3O3. The Morgan fingerprint density at radius 2 is 1.81 bits per heavy atom. The molecule has 0 aliphatic carbocycles. The van der Waals surface area contributed by atoms with Crippen molar-refractivity contribution in [2.45, 2.75) is 20.3 Å². The summed E-state index contributed by atoms with van der Waals surface area (Å²) in [5, 5.41) is 2.96. The number of benzene rings is 2. The molecule has 2 aromatic rings. The van der Waals surface area contributed by atoms with E-state index in [1.165, 1.54) is 11.3 Å². The van der Waals surface area contributed by atoms with Gasteiger partial charge in [-0.3, -0.25) is 4.79 Å². The highest BCUT2D eigenvalue weighted by atomic mass is 16.5. The van der Waals surface area contributed by atoms with Crippen molar-refractivity contribution in [2.75, 3.05) is 56.2 Å². The summed E-state index contributed by atoms with van der Waals surface area (Å²) in [5.74, 6) is 1.33. The normalized spacial score (nSPS) is 16.9. The van der Waals surface area contributed by atoms with Crippen LogP contribution in [0.25, 0.3) is 6.08 Å². The molecule has 2 aliphatic heterocycles. The summed E-state index contributed by atoms with van der Waals surface area (Å²) < 4.78 is 11.4. The second-order valence-electron chi connectivity index (χ2n) is 8.00. The molecule has 2 heterocycles. The summed E-state index contributed by atoms with van der Waals surface area (Å²) in [4.78, 5) is 17.3. The van der Waals surface area contributed by atoms with E-state index in [2.05, 4.69) is 35.0 Å². The maximum absolute atomic E-state index is 12.4. The second-order valence-corrected chi connectivity index (χ2v) is 8.00. The van der Waals surface area contributed by atoms with Gasteiger partial charge in [-0.05, 0) is 61.0 Å². The van der Waals surface area contributed by atoms with E-state index >= 15 is 0 Å². The van der Waals surface area contributed by atoms with Crippen LogP contribution in [-0.2, 0) is 4.79 Å². The number of aryl methyl sites for hydroxylation is 1. The predicted octanol–water partition coefficient (Wildman–Crippen LogP) is 3.95. The van der Waals surface area contributed by atoms with Gasteiger partial charge in [-0.15, -0.1) is 0 Å². The quantitative estimate of drug-likeness (QED) is 0.741. The first-order valence-electron chi connectivity index (χ1n) is 11.1. The van der Waals surface area contributed by atoms with Crippen molar-refractivity contribution in [3.63, 3.8) is 0 Å². The number of ether oxygens (including phenoxy) is 2. The molecule has 0 saturated carbocycles. The molecule has 0 unspecified atom stereocenters. The lowest BCUT2D eigenvalue weighted by Crippen LogP contribution is -2.46.